The van der Waals surface area contributed by atoms with Crippen molar-refractivity contribution in [2.24, 2.45) is 0 Å². The molecule has 25 heavy (non-hydrogen) atoms. The molecule has 132 valence electrons. The molecule has 7 heteroatoms. The third-order valence-corrected chi connectivity index (χ3v) is 3.39. The minimum absolute atomic E-state index is 0.0414. The zero-order valence-electron chi connectivity index (χ0n) is 13.5. The van der Waals surface area contributed by atoms with Gasteiger partial charge in [-0.3, -0.25) is 4.79 Å². The van der Waals surface area contributed by atoms with Gasteiger partial charge in [-0.2, -0.15) is 8.78 Å². The Morgan fingerprint density at radius 2 is 1.72 bits per heavy atom. The molecule has 0 aliphatic carbocycles. The van der Waals surface area contributed by atoms with E-state index in [9.17, 15) is 23.5 Å². The maximum atomic E-state index is 12.3. The summed E-state index contributed by atoms with van der Waals surface area (Å²) in [7, 11) is 0. The molecular weight excluding hydrogens is 334 g/mol. The lowest BCUT2D eigenvalue weighted by molar-refractivity contribution is -0.0498. The number of phenols is 1. The van der Waals surface area contributed by atoms with Gasteiger partial charge >= 0.3 is 12.6 Å². The molecule has 2 rings (SSSR count). The highest BCUT2D eigenvalue weighted by Crippen LogP contribution is 2.21. The van der Waals surface area contributed by atoms with Crippen LogP contribution < -0.4 is 4.74 Å². The average Bonchev–Trinajstić information content (AvgIpc) is 2.56. The molecule has 0 aliphatic rings. The second-order valence-electron chi connectivity index (χ2n) is 5.34. The minimum atomic E-state index is -2.96. The van der Waals surface area contributed by atoms with Gasteiger partial charge in [0.05, 0.1) is 0 Å². The van der Waals surface area contributed by atoms with Crippen molar-refractivity contribution in [2.45, 2.75) is 26.6 Å². The summed E-state index contributed by atoms with van der Waals surface area (Å²) >= 11 is 0. The first-order valence-electron chi connectivity index (χ1n) is 7.37. The predicted octanol–water partition coefficient (Wildman–Crippen LogP) is 3.73. The molecule has 0 unspecified atom stereocenters. The van der Waals surface area contributed by atoms with Crippen molar-refractivity contribution >= 4 is 11.8 Å². The first-order valence-corrected chi connectivity index (χ1v) is 7.37. The molecule has 0 saturated carbocycles. The number of rotatable bonds is 6. The fraction of sp³-hybridized carbons (Fsp3) is 0.222. The second kappa shape index (κ2) is 7.74. The van der Waals surface area contributed by atoms with E-state index < -0.39 is 24.5 Å². The topological polar surface area (TPSA) is 72.8 Å². The number of alkyl halides is 2. The van der Waals surface area contributed by atoms with E-state index in [1.54, 1.807) is 13.0 Å². The maximum absolute atomic E-state index is 12.3. The summed E-state index contributed by atoms with van der Waals surface area (Å²) < 4.78 is 33.5. The van der Waals surface area contributed by atoms with Crippen molar-refractivity contribution in [2.75, 3.05) is 0 Å². The molecule has 0 saturated heterocycles. The smallest absolute Gasteiger partial charge is 0.387 e. The highest BCUT2D eigenvalue weighted by atomic mass is 19.3. The van der Waals surface area contributed by atoms with Crippen LogP contribution in [-0.2, 0) is 4.74 Å². The Hall–Kier alpha value is -2.96. The molecule has 0 aliphatic heterocycles. The third kappa shape index (κ3) is 4.76. The second-order valence-corrected chi connectivity index (χ2v) is 5.34. The Morgan fingerprint density at radius 3 is 2.32 bits per heavy atom. The van der Waals surface area contributed by atoms with Gasteiger partial charge in [0.2, 0.25) is 5.78 Å². The SMILES string of the molecule is Cc1ccc(O)c(C(=O)O[C@@H](C)C(=O)c2ccc(OC(F)F)cc2)c1. The number of phenolic OH excluding ortho intramolecular Hbond substituents is 1. The van der Waals surface area contributed by atoms with Gasteiger partial charge in [-0.1, -0.05) is 11.6 Å². The van der Waals surface area contributed by atoms with Crippen molar-refractivity contribution in [3.63, 3.8) is 0 Å². The standard InChI is InChI=1S/C18H16F2O5/c1-10-3-8-15(21)14(9-10)17(23)24-11(2)16(22)12-4-6-13(7-5-12)25-18(19)20/h3-9,11,18,21H,1-2H3/t11-/m0/s1. The number of carbonyl (C=O) groups excluding carboxylic acids is 2. The van der Waals surface area contributed by atoms with Crippen molar-refractivity contribution in [1.82, 2.24) is 0 Å². The number of hydrogen-bond donors (Lipinski definition) is 1. The first kappa shape index (κ1) is 18.4. The van der Waals surface area contributed by atoms with E-state index in [2.05, 4.69) is 4.74 Å². The molecule has 5 nitrogen and oxygen atoms in total. The van der Waals surface area contributed by atoms with Gasteiger partial charge in [0.15, 0.2) is 6.10 Å². The molecule has 0 spiro atoms. The van der Waals surface area contributed by atoms with E-state index in [1.807, 2.05) is 0 Å². The van der Waals surface area contributed by atoms with Crippen LogP contribution in [0.5, 0.6) is 11.5 Å². The Kier molecular flexibility index (Phi) is 5.69. The molecule has 1 N–H and O–H groups in total. The van der Waals surface area contributed by atoms with Gasteiger partial charge < -0.3 is 14.6 Å². The summed E-state index contributed by atoms with van der Waals surface area (Å²) in [6, 6.07) is 9.49. The predicted molar refractivity (Wildman–Crippen MR) is 85.1 cm³/mol. The molecule has 0 heterocycles. The summed E-state index contributed by atoms with van der Waals surface area (Å²) in [6.45, 7) is 0.174. The van der Waals surface area contributed by atoms with Crippen LogP contribution in [0.4, 0.5) is 8.78 Å². The largest absolute Gasteiger partial charge is 0.507 e. The van der Waals surface area contributed by atoms with E-state index in [-0.39, 0.29) is 22.6 Å². The van der Waals surface area contributed by atoms with Crippen LogP contribution in [0.2, 0.25) is 0 Å². The Labute approximate surface area is 142 Å². The number of benzene rings is 2. The average molecular weight is 350 g/mol. The van der Waals surface area contributed by atoms with Crippen molar-refractivity contribution < 1.29 is 33.0 Å². The fourth-order valence-electron chi connectivity index (χ4n) is 2.13. The Balaban J connectivity index is 2.07. The quantitative estimate of drug-likeness (QED) is 0.635. The molecule has 0 fully saturated rings. The summed E-state index contributed by atoms with van der Waals surface area (Å²) in [5.41, 5.74) is 0.883. The van der Waals surface area contributed by atoms with Gasteiger partial charge in [0.25, 0.3) is 0 Å². The number of carbonyl (C=O) groups is 2. The molecule has 1 atom stereocenters. The van der Waals surface area contributed by atoms with E-state index in [0.717, 1.165) is 5.56 Å². The summed E-state index contributed by atoms with van der Waals surface area (Å²) in [5, 5.41) is 9.72. The van der Waals surface area contributed by atoms with Gasteiger partial charge in [-0.05, 0) is 50.2 Å². The van der Waals surface area contributed by atoms with Gasteiger partial charge in [-0.25, -0.2) is 4.79 Å². The van der Waals surface area contributed by atoms with Gasteiger partial charge in [0.1, 0.15) is 17.1 Å². The minimum Gasteiger partial charge on any atom is -0.507 e. The lowest BCUT2D eigenvalue weighted by Crippen LogP contribution is -2.24. The highest BCUT2D eigenvalue weighted by molar-refractivity contribution is 6.02. The number of ketones is 1. The molecular formula is C18H16F2O5. The summed E-state index contributed by atoms with van der Waals surface area (Å²) in [5.74, 6) is -1.67. The molecule has 0 aromatic heterocycles. The van der Waals surface area contributed by atoms with E-state index in [4.69, 9.17) is 4.74 Å². The summed E-state index contributed by atoms with van der Waals surface area (Å²) in [4.78, 5) is 24.4. The number of aryl methyl sites for hydroxylation is 1. The van der Waals surface area contributed by atoms with Gasteiger partial charge in [0, 0.05) is 5.56 Å². The lowest BCUT2D eigenvalue weighted by atomic mass is 10.1. The third-order valence-electron chi connectivity index (χ3n) is 3.39. The van der Waals surface area contributed by atoms with E-state index in [1.165, 1.54) is 43.3 Å². The number of Topliss-reactive ketones (excluding diaryl/α,β-unsaturated/α-hetero) is 1. The number of hydrogen-bond acceptors (Lipinski definition) is 5. The molecule has 0 radical (unpaired) electrons. The number of esters is 1. The normalized spacial score (nSPS) is 11.9. The maximum Gasteiger partial charge on any atom is 0.387 e. The van der Waals surface area contributed by atoms with Crippen LogP contribution in [0.3, 0.4) is 0 Å². The molecule has 0 amide bonds. The number of halogens is 2. The lowest BCUT2D eigenvalue weighted by Gasteiger charge is -2.13. The van der Waals surface area contributed by atoms with Crippen LogP contribution in [0.1, 0.15) is 33.2 Å². The van der Waals surface area contributed by atoms with E-state index in [0.29, 0.717) is 0 Å². The number of aromatic hydroxyl groups is 1. The van der Waals surface area contributed by atoms with Crippen LogP contribution >= 0.6 is 0 Å². The number of ether oxygens (including phenoxy) is 2. The Bertz CT molecular complexity index is 772. The zero-order chi connectivity index (χ0) is 18.6. The van der Waals surface area contributed by atoms with Crippen molar-refractivity contribution in [3.8, 4) is 11.5 Å². The van der Waals surface area contributed by atoms with Crippen LogP contribution in [-0.4, -0.2) is 29.6 Å². The molecule has 2 aromatic carbocycles. The summed E-state index contributed by atoms with van der Waals surface area (Å²) in [6.07, 6.45) is -1.12. The highest BCUT2D eigenvalue weighted by Gasteiger charge is 2.22. The fourth-order valence-corrected chi connectivity index (χ4v) is 2.13. The van der Waals surface area contributed by atoms with E-state index >= 15 is 0 Å². The van der Waals surface area contributed by atoms with Crippen molar-refractivity contribution in [1.29, 1.82) is 0 Å². The van der Waals surface area contributed by atoms with Crippen LogP contribution in [0.15, 0.2) is 42.5 Å². The Morgan fingerprint density at radius 1 is 1.08 bits per heavy atom. The molecule has 2 aromatic rings. The first-order chi connectivity index (χ1) is 11.8. The van der Waals surface area contributed by atoms with Crippen LogP contribution in [0, 0.1) is 6.92 Å². The molecule has 0 bridgehead atoms. The zero-order valence-corrected chi connectivity index (χ0v) is 13.5. The van der Waals surface area contributed by atoms with Crippen molar-refractivity contribution in [3.05, 3.63) is 59.2 Å². The monoisotopic (exact) mass is 350 g/mol. The van der Waals surface area contributed by atoms with Gasteiger partial charge in [-0.15, -0.1) is 0 Å². The van der Waals surface area contributed by atoms with Crippen LogP contribution in [0.25, 0.3) is 0 Å².